The summed E-state index contributed by atoms with van der Waals surface area (Å²) in [6.45, 7) is 1.42. The number of sulfone groups is 1. The van der Waals surface area contributed by atoms with Crippen molar-refractivity contribution in [2.75, 3.05) is 30.0 Å². The van der Waals surface area contributed by atoms with Crippen LogP contribution in [0.25, 0.3) is 16.6 Å². The van der Waals surface area contributed by atoms with Gasteiger partial charge in [0, 0.05) is 42.3 Å². The third kappa shape index (κ3) is 6.15. The van der Waals surface area contributed by atoms with Crippen LogP contribution in [0.15, 0.2) is 55.1 Å². The molecule has 0 saturated carbocycles. The Balaban J connectivity index is 1.36. The molecule has 8 nitrogen and oxygen atoms in total. The first-order chi connectivity index (χ1) is 18.3. The maximum Gasteiger partial charge on any atom is 0.150 e. The topological polar surface area (TPSA) is 109 Å². The molecule has 4 aromatic rings. The molecule has 2 aromatic heterocycles. The summed E-state index contributed by atoms with van der Waals surface area (Å²) in [6.07, 6.45) is 7.44. The van der Waals surface area contributed by atoms with Gasteiger partial charge in [-0.05, 0) is 79.3 Å². The zero-order valence-corrected chi connectivity index (χ0v) is 22.3. The van der Waals surface area contributed by atoms with Crippen molar-refractivity contribution in [2.45, 2.75) is 25.8 Å². The fraction of sp³-hybridized carbons (Fsp3) is 0.333. The van der Waals surface area contributed by atoms with Gasteiger partial charge in [0.1, 0.15) is 27.8 Å². The molecule has 0 radical (unpaired) electrons. The van der Waals surface area contributed by atoms with Crippen LogP contribution < -0.4 is 10.6 Å². The van der Waals surface area contributed by atoms with Crippen molar-refractivity contribution in [3.05, 3.63) is 77.1 Å². The molecule has 200 valence electrons. The Bertz CT molecular complexity index is 1550. The first-order valence-electron chi connectivity index (χ1n) is 12.5. The molecular weight excluding hydrogens is 529 g/mol. The minimum atomic E-state index is -2.87. The lowest BCUT2D eigenvalue weighted by Crippen LogP contribution is -2.30. The van der Waals surface area contributed by atoms with Gasteiger partial charge in [0.05, 0.1) is 22.0 Å². The molecule has 0 aliphatic carbocycles. The molecule has 0 bridgehead atoms. The third-order valence-electron chi connectivity index (χ3n) is 6.91. The van der Waals surface area contributed by atoms with Gasteiger partial charge in [0.2, 0.25) is 0 Å². The molecule has 38 heavy (non-hydrogen) atoms. The Hall–Kier alpha value is -3.05. The fourth-order valence-corrected chi connectivity index (χ4v) is 6.53. The predicted octanol–water partition coefficient (Wildman–Crippen LogP) is 4.41. The number of benzene rings is 2. The van der Waals surface area contributed by atoms with Gasteiger partial charge in [-0.1, -0.05) is 11.6 Å². The number of rotatable bonds is 9. The van der Waals surface area contributed by atoms with Crippen molar-refractivity contribution in [3.8, 4) is 5.69 Å². The highest BCUT2D eigenvalue weighted by Gasteiger charge is 2.23. The van der Waals surface area contributed by atoms with Crippen molar-refractivity contribution in [2.24, 2.45) is 5.92 Å². The zero-order chi connectivity index (χ0) is 26.7. The SMILES string of the molecule is O=S1(=O)CCC(CNCc2cn(-c3ccc4ncnc(Nc5ccc(F)c(Cl)c5)c4c3)cc2CCO)CC1. The average Bonchev–Trinajstić information content (AvgIpc) is 3.30. The standard InChI is InChI=1S/C27H29ClFN5O3S/c28-24-11-21(1-3-25(24)29)33-27-23-12-22(2-4-26(23)31-17-32-27)34-15-19(5-8-35)20(16-34)14-30-13-18-6-9-38(36,37)10-7-18/h1-4,11-12,15-18,30,35H,5-10,13-14H2,(H,31,32,33). The second-order valence-corrected chi connectivity index (χ2v) is 12.3. The van der Waals surface area contributed by atoms with Crippen LogP contribution in [0.1, 0.15) is 24.0 Å². The number of aromatic nitrogens is 3. The second-order valence-electron chi connectivity index (χ2n) is 9.59. The number of nitrogens with one attached hydrogen (secondary N) is 2. The number of aliphatic hydroxyl groups excluding tert-OH is 1. The van der Waals surface area contributed by atoms with Gasteiger partial charge < -0.3 is 20.3 Å². The maximum atomic E-state index is 13.6. The summed E-state index contributed by atoms with van der Waals surface area (Å²) in [5.74, 6) is 0.961. The number of hydrogen-bond donors (Lipinski definition) is 3. The van der Waals surface area contributed by atoms with E-state index in [0.717, 1.165) is 34.3 Å². The highest BCUT2D eigenvalue weighted by atomic mass is 35.5. The van der Waals surface area contributed by atoms with Gasteiger partial charge in [0.25, 0.3) is 0 Å². The normalized spacial score (nSPS) is 15.7. The van der Waals surface area contributed by atoms with Gasteiger partial charge in [-0.3, -0.25) is 0 Å². The van der Waals surface area contributed by atoms with Crippen molar-refractivity contribution in [1.82, 2.24) is 19.9 Å². The van der Waals surface area contributed by atoms with E-state index in [-0.39, 0.29) is 23.1 Å². The first kappa shape index (κ1) is 26.6. The number of hydrogen-bond acceptors (Lipinski definition) is 7. The van der Waals surface area contributed by atoms with Crippen LogP contribution in [0.4, 0.5) is 15.9 Å². The van der Waals surface area contributed by atoms with E-state index in [1.54, 1.807) is 6.07 Å². The van der Waals surface area contributed by atoms with Crippen molar-refractivity contribution in [3.63, 3.8) is 0 Å². The summed E-state index contributed by atoms with van der Waals surface area (Å²) in [7, 11) is -2.87. The number of nitrogens with zero attached hydrogens (tertiary/aromatic N) is 3. The van der Waals surface area contributed by atoms with Gasteiger partial charge in [-0.2, -0.15) is 0 Å². The van der Waals surface area contributed by atoms with Crippen LogP contribution in [0.3, 0.4) is 0 Å². The fourth-order valence-electron chi connectivity index (χ4n) is 4.76. The van der Waals surface area contributed by atoms with E-state index in [2.05, 4.69) is 20.6 Å². The van der Waals surface area contributed by atoms with Crippen LogP contribution in [0.5, 0.6) is 0 Å². The highest BCUT2D eigenvalue weighted by molar-refractivity contribution is 7.91. The van der Waals surface area contributed by atoms with E-state index in [0.29, 0.717) is 43.2 Å². The molecule has 0 amide bonds. The molecule has 0 atom stereocenters. The second kappa shape index (κ2) is 11.4. The number of anilines is 2. The molecule has 3 N–H and O–H groups in total. The summed E-state index contributed by atoms with van der Waals surface area (Å²) in [4.78, 5) is 8.75. The molecule has 0 spiro atoms. The van der Waals surface area contributed by atoms with Crippen molar-refractivity contribution in [1.29, 1.82) is 0 Å². The number of aliphatic hydroxyl groups is 1. The van der Waals surface area contributed by atoms with Gasteiger partial charge >= 0.3 is 0 Å². The van der Waals surface area contributed by atoms with E-state index >= 15 is 0 Å². The summed E-state index contributed by atoms with van der Waals surface area (Å²) in [6, 6.07) is 10.3. The lowest BCUT2D eigenvalue weighted by Gasteiger charge is -2.22. The Morgan fingerprint density at radius 3 is 2.63 bits per heavy atom. The molecule has 3 heterocycles. The van der Waals surface area contributed by atoms with Gasteiger partial charge in [-0.15, -0.1) is 0 Å². The lowest BCUT2D eigenvalue weighted by atomic mass is 10.0. The summed E-state index contributed by atoms with van der Waals surface area (Å²) < 4.78 is 39.0. The molecule has 1 fully saturated rings. The minimum Gasteiger partial charge on any atom is -0.396 e. The van der Waals surface area contributed by atoms with E-state index in [1.807, 2.05) is 35.2 Å². The zero-order valence-electron chi connectivity index (χ0n) is 20.7. The Kier molecular flexibility index (Phi) is 7.94. The smallest absolute Gasteiger partial charge is 0.150 e. The first-order valence-corrected chi connectivity index (χ1v) is 14.7. The van der Waals surface area contributed by atoms with Crippen LogP contribution in [-0.2, 0) is 22.8 Å². The molecule has 5 rings (SSSR count). The Labute approximate surface area is 225 Å². The number of fused-ring (bicyclic) bond motifs is 1. The average molecular weight is 558 g/mol. The van der Waals surface area contributed by atoms with E-state index < -0.39 is 15.7 Å². The number of halogens is 2. The molecular formula is C27H29ClFN5O3S. The minimum absolute atomic E-state index is 0.0208. The molecule has 2 aromatic carbocycles. The molecule has 1 aliphatic rings. The highest BCUT2D eigenvalue weighted by Crippen LogP contribution is 2.28. The van der Waals surface area contributed by atoms with E-state index in [1.165, 1.54) is 18.5 Å². The van der Waals surface area contributed by atoms with Crippen LogP contribution in [-0.4, -0.2) is 52.7 Å². The molecule has 1 aliphatic heterocycles. The summed E-state index contributed by atoms with van der Waals surface area (Å²) in [5.41, 5.74) is 4.37. The van der Waals surface area contributed by atoms with Crippen molar-refractivity contribution >= 4 is 43.8 Å². The Morgan fingerprint density at radius 1 is 1.08 bits per heavy atom. The summed E-state index contributed by atoms with van der Waals surface area (Å²) >= 11 is 5.94. The van der Waals surface area contributed by atoms with Crippen LogP contribution in [0, 0.1) is 11.7 Å². The molecule has 1 saturated heterocycles. The van der Waals surface area contributed by atoms with Gasteiger partial charge in [-0.25, -0.2) is 22.8 Å². The van der Waals surface area contributed by atoms with Gasteiger partial charge in [0.15, 0.2) is 0 Å². The quantitative estimate of drug-likeness (QED) is 0.280. The third-order valence-corrected chi connectivity index (χ3v) is 8.91. The maximum absolute atomic E-state index is 13.6. The molecule has 0 unspecified atom stereocenters. The summed E-state index contributed by atoms with van der Waals surface area (Å²) in [5, 5.41) is 17.1. The van der Waals surface area contributed by atoms with Crippen molar-refractivity contribution < 1.29 is 17.9 Å². The Morgan fingerprint density at radius 2 is 1.87 bits per heavy atom. The monoisotopic (exact) mass is 557 g/mol. The largest absolute Gasteiger partial charge is 0.396 e. The predicted molar refractivity (Wildman–Crippen MR) is 147 cm³/mol. The van der Waals surface area contributed by atoms with E-state index in [9.17, 15) is 17.9 Å². The van der Waals surface area contributed by atoms with Crippen LogP contribution >= 0.6 is 11.6 Å². The lowest BCUT2D eigenvalue weighted by molar-refractivity contribution is 0.299. The molecule has 11 heteroatoms. The van der Waals surface area contributed by atoms with Crippen LogP contribution in [0.2, 0.25) is 5.02 Å². The van der Waals surface area contributed by atoms with E-state index in [4.69, 9.17) is 11.6 Å².